The second-order valence-electron chi connectivity index (χ2n) is 8.18. The lowest BCUT2D eigenvalue weighted by Gasteiger charge is -2.26. The zero-order valence-corrected chi connectivity index (χ0v) is 19.5. The van der Waals surface area contributed by atoms with Gasteiger partial charge < -0.3 is 10.6 Å². The average Bonchev–Trinajstić information content (AvgIpc) is 3.30. The molecule has 0 unspecified atom stereocenters. The Hall–Kier alpha value is -4.02. The van der Waals surface area contributed by atoms with Crippen LogP contribution in [0.25, 0.3) is 10.8 Å². The highest BCUT2D eigenvalue weighted by molar-refractivity contribution is 7.89. The van der Waals surface area contributed by atoms with Gasteiger partial charge in [-0.05, 0) is 34.5 Å². The van der Waals surface area contributed by atoms with Crippen LogP contribution in [-0.2, 0) is 21.4 Å². The van der Waals surface area contributed by atoms with E-state index in [1.807, 2.05) is 42.5 Å². The lowest BCUT2D eigenvalue weighted by atomic mass is 10.0. The fraction of sp³-hybridized carbons (Fsp3) is 0.160. The second-order valence-corrected chi connectivity index (χ2v) is 10.1. The summed E-state index contributed by atoms with van der Waals surface area (Å²) in [5.41, 5.74) is 1.24. The normalized spacial score (nSPS) is 14.6. The smallest absolute Gasteiger partial charge is 0.256 e. The van der Waals surface area contributed by atoms with Crippen LogP contribution in [0.1, 0.15) is 15.9 Å². The van der Waals surface area contributed by atoms with E-state index in [1.54, 1.807) is 23.0 Å². The molecule has 0 saturated carbocycles. The maximum Gasteiger partial charge on any atom is 0.256 e. The Morgan fingerprint density at radius 1 is 1.03 bits per heavy atom. The van der Waals surface area contributed by atoms with Gasteiger partial charge >= 0.3 is 0 Å². The Kier molecular flexibility index (Phi) is 6.06. The lowest BCUT2D eigenvalue weighted by molar-refractivity contribution is -0.122. The summed E-state index contributed by atoms with van der Waals surface area (Å²) >= 11 is 0. The van der Waals surface area contributed by atoms with Gasteiger partial charge in [0.15, 0.2) is 0 Å². The van der Waals surface area contributed by atoms with Gasteiger partial charge in [0.2, 0.25) is 15.9 Å². The Morgan fingerprint density at radius 2 is 1.83 bits per heavy atom. The van der Waals surface area contributed by atoms with Crippen molar-refractivity contribution in [2.75, 3.05) is 25.0 Å². The molecule has 3 aromatic carbocycles. The molecule has 10 heteroatoms. The number of piperazine rings is 1. The van der Waals surface area contributed by atoms with Crippen LogP contribution in [0, 0.1) is 0 Å². The van der Waals surface area contributed by atoms with Crippen molar-refractivity contribution in [3.63, 3.8) is 0 Å². The minimum Gasteiger partial charge on any atom is -0.354 e. The van der Waals surface area contributed by atoms with Crippen LogP contribution in [0.5, 0.6) is 0 Å². The summed E-state index contributed by atoms with van der Waals surface area (Å²) in [5, 5.41) is 12.0. The minimum absolute atomic E-state index is 0.0379. The molecule has 0 bridgehead atoms. The highest BCUT2D eigenvalue weighted by Gasteiger charge is 2.29. The van der Waals surface area contributed by atoms with Gasteiger partial charge in [-0.3, -0.25) is 9.59 Å². The summed E-state index contributed by atoms with van der Waals surface area (Å²) in [7, 11) is -3.91. The van der Waals surface area contributed by atoms with Crippen molar-refractivity contribution in [1.82, 2.24) is 19.4 Å². The van der Waals surface area contributed by atoms with E-state index < -0.39 is 15.9 Å². The zero-order valence-electron chi connectivity index (χ0n) is 18.7. The van der Waals surface area contributed by atoms with Crippen LogP contribution >= 0.6 is 0 Å². The van der Waals surface area contributed by atoms with Crippen LogP contribution in [0.15, 0.2) is 83.9 Å². The molecule has 1 saturated heterocycles. The van der Waals surface area contributed by atoms with Gasteiger partial charge in [-0.1, -0.05) is 48.5 Å². The van der Waals surface area contributed by atoms with E-state index in [-0.39, 0.29) is 36.0 Å². The fourth-order valence-corrected chi connectivity index (χ4v) is 5.56. The lowest BCUT2D eigenvalue weighted by Crippen LogP contribution is -2.49. The van der Waals surface area contributed by atoms with E-state index in [4.69, 9.17) is 0 Å². The Morgan fingerprint density at radius 3 is 2.69 bits per heavy atom. The predicted octanol–water partition coefficient (Wildman–Crippen LogP) is 2.46. The number of amides is 2. The van der Waals surface area contributed by atoms with Gasteiger partial charge in [0.05, 0.1) is 24.2 Å². The SMILES string of the molecule is O=C1CN(S(=O)(=O)c2cccc(C(=O)Nc3ccnn3Cc3cccc4ccccc34)c2)CCN1. The summed E-state index contributed by atoms with van der Waals surface area (Å²) < 4.78 is 28.8. The van der Waals surface area contributed by atoms with E-state index in [1.165, 1.54) is 18.2 Å². The minimum atomic E-state index is -3.91. The van der Waals surface area contributed by atoms with Crippen molar-refractivity contribution in [2.24, 2.45) is 0 Å². The predicted molar refractivity (Wildman–Crippen MR) is 131 cm³/mol. The molecule has 1 aliphatic heterocycles. The van der Waals surface area contributed by atoms with Gasteiger partial charge in [-0.15, -0.1) is 0 Å². The monoisotopic (exact) mass is 489 g/mol. The van der Waals surface area contributed by atoms with Crippen LogP contribution in [-0.4, -0.2) is 54.0 Å². The number of anilines is 1. The van der Waals surface area contributed by atoms with Crippen molar-refractivity contribution in [3.05, 3.63) is 90.1 Å². The van der Waals surface area contributed by atoms with E-state index in [0.29, 0.717) is 12.4 Å². The molecule has 1 fully saturated rings. The first-order valence-electron chi connectivity index (χ1n) is 11.1. The van der Waals surface area contributed by atoms with Crippen molar-refractivity contribution in [1.29, 1.82) is 0 Å². The summed E-state index contributed by atoms with van der Waals surface area (Å²) in [5.74, 6) is -0.324. The summed E-state index contributed by atoms with van der Waals surface area (Å²) in [4.78, 5) is 24.6. The maximum atomic E-state index is 13.0. The Labute approximate surface area is 202 Å². The molecule has 35 heavy (non-hydrogen) atoms. The molecule has 2 heterocycles. The number of sulfonamides is 1. The molecule has 1 aliphatic rings. The van der Waals surface area contributed by atoms with Gasteiger partial charge in [-0.25, -0.2) is 13.1 Å². The van der Waals surface area contributed by atoms with Crippen LogP contribution in [0.3, 0.4) is 0 Å². The molecule has 1 aromatic heterocycles. The molecule has 0 spiro atoms. The molecule has 4 aromatic rings. The molecule has 0 aliphatic carbocycles. The molecule has 2 N–H and O–H groups in total. The standard InChI is InChI=1S/C25H23N5O4S/c31-24-17-29(14-13-26-24)35(33,34)21-9-4-7-19(15-21)25(32)28-23-11-12-27-30(23)16-20-8-3-6-18-5-1-2-10-22(18)20/h1-12,15H,13-14,16-17H2,(H,26,31)(H,28,32). The van der Waals surface area contributed by atoms with Crippen LogP contribution in [0.4, 0.5) is 5.82 Å². The molecular formula is C25H23N5O4S. The largest absolute Gasteiger partial charge is 0.354 e. The number of nitrogens with one attached hydrogen (secondary N) is 2. The van der Waals surface area contributed by atoms with Crippen LogP contribution in [0.2, 0.25) is 0 Å². The molecule has 178 valence electrons. The van der Waals surface area contributed by atoms with E-state index in [9.17, 15) is 18.0 Å². The first-order chi connectivity index (χ1) is 16.9. The number of carbonyl (C=O) groups is 2. The van der Waals surface area contributed by atoms with Gasteiger partial charge in [0, 0.05) is 24.7 Å². The average molecular weight is 490 g/mol. The Balaban J connectivity index is 1.36. The highest BCUT2D eigenvalue weighted by atomic mass is 32.2. The molecule has 5 rings (SSSR count). The molecule has 2 amide bonds. The third-order valence-corrected chi connectivity index (χ3v) is 7.74. The van der Waals surface area contributed by atoms with Crippen molar-refractivity contribution < 1.29 is 18.0 Å². The quantitative estimate of drug-likeness (QED) is 0.432. The Bertz CT molecular complexity index is 1520. The third-order valence-electron chi connectivity index (χ3n) is 5.90. The van der Waals surface area contributed by atoms with Crippen LogP contribution < -0.4 is 10.6 Å². The van der Waals surface area contributed by atoms with Crippen molar-refractivity contribution >= 4 is 38.4 Å². The summed E-state index contributed by atoms with van der Waals surface area (Å²) in [6.07, 6.45) is 1.60. The maximum absolute atomic E-state index is 13.0. The van der Waals surface area contributed by atoms with Gasteiger partial charge in [0.25, 0.3) is 5.91 Å². The highest BCUT2D eigenvalue weighted by Crippen LogP contribution is 2.22. The number of aromatic nitrogens is 2. The van der Waals surface area contributed by atoms with E-state index >= 15 is 0 Å². The number of hydrogen-bond acceptors (Lipinski definition) is 5. The second kappa shape index (κ2) is 9.32. The first kappa shape index (κ1) is 22.8. The molecule has 9 nitrogen and oxygen atoms in total. The van der Waals surface area contributed by atoms with Crippen molar-refractivity contribution in [2.45, 2.75) is 11.4 Å². The number of carbonyl (C=O) groups excluding carboxylic acids is 2. The molecule has 0 atom stereocenters. The zero-order chi connectivity index (χ0) is 24.4. The van der Waals surface area contributed by atoms with E-state index in [2.05, 4.69) is 15.7 Å². The third kappa shape index (κ3) is 4.66. The number of fused-ring (bicyclic) bond motifs is 1. The van der Waals surface area contributed by atoms with Gasteiger partial charge in [0.1, 0.15) is 5.82 Å². The number of nitrogens with zero attached hydrogens (tertiary/aromatic N) is 3. The summed E-state index contributed by atoms with van der Waals surface area (Å²) in [6, 6.07) is 21.6. The van der Waals surface area contributed by atoms with Crippen molar-refractivity contribution in [3.8, 4) is 0 Å². The fourth-order valence-electron chi connectivity index (χ4n) is 4.11. The molecule has 0 radical (unpaired) electrons. The number of hydrogen-bond donors (Lipinski definition) is 2. The first-order valence-corrected chi connectivity index (χ1v) is 12.5. The summed E-state index contributed by atoms with van der Waals surface area (Å²) in [6.45, 7) is 0.637. The van der Waals surface area contributed by atoms with Gasteiger partial charge in [-0.2, -0.15) is 9.40 Å². The number of rotatable bonds is 6. The number of benzene rings is 3. The van der Waals surface area contributed by atoms with E-state index in [0.717, 1.165) is 20.6 Å². The topological polar surface area (TPSA) is 113 Å². The molecular weight excluding hydrogens is 466 g/mol.